The molecule has 164 valence electrons. The maximum Gasteiger partial charge on any atom is 0.254 e. The molecule has 0 aromatic heterocycles. The average molecular weight is 429 g/mol. The first-order valence-corrected chi connectivity index (χ1v) is 11.5. The number of nitrogens with zero attached hydrogens (tertiary/aromatic N) is 2. The average Bonchev–Trinajstić information content (AvgIpc) is 3.20. The van der Waals surface area contributed by atoms with E-state index in [0.717, 1.165) is 37.2 Å². The standard InChI is InChI=1S/C28H29FN2O/c1-20-11-13-21(14-12-20)24-19-31(28(32)22-7-3-2-4-8-22)27-15-16-30(18-25(24)27)17-23-9-5-6-10-26(23)29/h2-14,24-25,27H,15-19H2,1H3. The summed E-state index contributed by atoms with van der Waals surface area (Å²) in [5.41, 5.74) is 4.03. The Morgan fingerprint density at radius 1 is 0.938 bits per heavy atom. The molecule has 2 fully saturated rings. The highest BCUT2D eigenvalue weighted by Gasteiger charge is 2.47. The van der Waals surface area contributed by atoms with E-state index >= 15 is 0 Å². The molecule has 5 rings (SSSR count). The number of hydrogen-bond acceptors (Lipinski definition) is 2. The monoisotopic (exact) mass is 428 g/mol. The van der Waals surface area contributed by atoms with Crippen molar-refractivity contribution >= 4 is 5.91 Å². The Morgan fingerprint density at radius 3 is 2.41 bits per heavy atom. The van der Waals surface area contributed by atoms with Crippen LogP contribution < -0.4 is 0 Å². The highest BCUT2D eigenvalue weighted by atomic mass is 19.1. The summed E-state index contributed by atoms with van der Waals surface area (Å²) < 4.78 is 14.3. The molecule has 2 saturated heterocycles. The van der Waals surface area contributed by atoms with Crippen LogP contribution in [0.4, 0.5) is 4.39 Å². The van der Waals surface area contributed by atoms with E-state index in [9.17, 15) is 9.18 Å². The van der Waals surface area contributed by atoms with Crippen LogP contribution in [0.1, 0.15) is 39.4 Å². The molecular weight excluding hydrogens is 399 g/mol. The van der Waals surface area contributed by atoms with Gasteiger partial charge in [-0.3, -0.25) is 9.69 Å². The second kappa shape index (κ2) is 8.87. The molecule has 0 aliphatic carbocycles. The maximum absolute atomic E-state index is 14.3. The number of piperidine rings is 1. The maximum atomic E-state index is 14.3. The Balaban J connectivity index is 1.42. The van der Waals surface area contributed by atoms with E-state index in [1.807, 2.05) is 42.5 Å². The van der Waals surface area contributed by atoms with Gasteiger partial charge in [-0.25, -0.2) is 4.39 Å². The van der Waals surface area contributed by atoms with Crippen LogP contribution in [0.5, 0.6) is 0 Å². The van der Waals surface area contributed by atoms with Crippen molar-refractivity contribution in [3.8, 4) is 0 Å². The second-order valence-corrected chi connectivity index (χ2v) is 9.19. The zero-order chi connectivity index (χ0) is 22.1. The number of amides is 1. The molecule has 0 N–H and O–H groups in total. The number of hydrogen-bond donors (Lipinski definition) is 0. The largest absolute Gasteiger partial charge is 0.335 e. The van der Waals surface area contributed by atoms with Gasteiger partial charge in [0, 0.05) is 55.2 Å². The number of rotatable bonds is 4. The molecule has 0 bridgehead atoms. The lowest BCUT2D eigenvalue weighted by Gasteiger charge is -2.39. The van der Waals surface area contributed by atoms with Crippen LogP contribution in [-0.2, 0) is 6.54 Å². The summed E-state index contributed by atoms with van der Waals surface area (Å²) in [7, 11) is 0. The van der Waals surface area contributed by atoms with Gasteiger partial charge < -0.3 is 4.90 Å². The van der Waals surface area contributed by atoms with E-state index in [-0.39, 0.29) is 23.7 Å². The van der Waals surface area contributed by atoms with Gasteiger partial charge in [0.15, 0.2) is 0 Å². The zero-order valence-electron chi connectivity index (χ0n) is 18.5. The number of fused-ring (bicyclic) bond motifs is 1. The van der Waals surface area contributed by atoms with Crippen molar-refractivity contribution in [2.24, 2.45) is 5.92 Å². The second-order valence-electron chi connectivity index (χ2n) is 9.19. The molecule has 2 aliphatic heterocycles. The van der Waals surface area contributed by atoms with Crippen LogP contribution in [0.2, 0.25) is 0 Å². The van der Waals surface area contributed by atoms with Crippen LogP contribution in [0.3, 0.4) is 0 Å². The molecule has 0 saturated carbocycles. The number of aryl methyl sites for hydroxylation is 1. The summed E-state index contributed by atoms with van der Waals surface area (Å²) in [4.78, 5) is 17.9. The van der Waals surface area contributed by atoms with Gasteiger partial charge in [0.1, 0.15) is 5.82 Å². The first-order chi connectivity index (χ1) is 15.6. The van der Waals surface area contributed by atoms with Crippen LogP contribution in [0, 0.1) is 18.7 Å². The molecule has 0 radical (unpaired) electrons. The lowest BCUT2D eigenvalue weighted by molar-refractivity contribution is 0.0613. The Morgan fingerprint density at radius 2 is 1.66 bits per heavy atom. The minimum Gasteiger partial charge on any atom is -0.335 e. The Hall–Kier alpha value is -2.98. The van der Waals surface area contributed by atoms with E-state index in [0.29, 0.717) is 12.5 Å². The van der Waals surface area contributed by atoms with Crippen LogP contribution in [0.15, 0.2) is 78.9 Å². The third-order valence-corrected chi connectivity index (χ3v) is 7.15. The Kier molecular flexibility index (Phi) is 5.79. The fourth-order valence-corrected chi connectivity index (χ4v) is 5.46. The normalized spacial score (nSPS) is 23.2. The molecule has 2 aliphatic rings. The molecule has 3 atom stereocenters. The molecule has 2 heterocycles. The summed E-state index contributed by atoms with van der Waals surface area (Å²) in [5.74, 6) is 0.609. The van der Waals surface area contributed by atoms with Crippen molar-refractivity contribution in [3.63, 3.8) is 0 Å². The van der Waals surface area contributed by atoms with Crippen LogP contribution in [0.25, 0.3) is 0 Å². The molecule has 1 amide bonds. The minimum atomic E-state index is -0.142. The lowest BCUT2D eigenvalue weighted by Crippen LogP contribution is -2.47. The van der Waals surface area contributed by atoms with Gasteiger partial charge in [0.2, 0.25) is 0 Å². The summed E-state index contributed by atoms with van der Waals surface area (Å²) in [6, 6.07) is 25.6. The third kappa shape index (κ3) is 4.07. The van der Waals surface area contributed by atoms with Crippen molar-refractivity contribution in [1.82, 2.24) is 9.80 Å². The molecule has 3 unspecified atom stereocenters. The van der Waals surface area contributed by atoms with Gasteiger partial charge >= 0.3 is 0 Å². The van der Waals surface area contributed by atoms with Gasteiger partial charge in [0.05, 0.1) is 0 Å². The van der Waals surface area contributed by atoms with Crippen molar-refractivity contribution < 1.29 is 9.18 Å². The summed E-state index contributed by atoms with van der Waals surface area (Å²) >= 11 is 0. The number of benzene rings is 3. The molecule has 3 aromatic rings. The fourth-order valence-electron chi connectivity index (χ4n) is 5.46. The Labute approximate surface area is 189 Å². The van der Waals surface area contributed by atoms with Gasteiger partial charge in [0.25, 0.3) is 5.91 Å². The van der Waals surface area contributed by atoms with Crippen molar-refractivity contribution in [3.05, 3.63) is 107 Å². The van der Waals surface area contributed by atoms with Gasteiger partial charge in [-0.1, -0.05) is 66.2 Å². The Bertz CT molecular complexity index is 1080. The number of carbonyl (C=O) groups is 1. The van der Waals surface area contributed by atoms with Gasteiger partial charge in [-0.2, -0.15) is 0 Å². The first kappa shape index (κ1) is 20.9. The van der Waals surface area contributed by atoms with Gasteiger partial charge in [-0.05, 0) is 37.1 Å². The SMILES string of the molecule is Cc1ccc(C2CN(C(=O)c3ccccc3)C3CCN(Cc4ccccc4F)CC23)cc1. The highest BCUT2D eigenvalue weighted by molar-refractivity contribution is 5.94. The highest BCUT2D eigenvalue weighted by Crippen LogP contribution is 2.42. The fraction of sp³-hybridized carbons (Fsp3) is 0.321. The summed E-state index contributed by atoms with van der Waals surface area (Å²) in [6.07, 6.45) is 0.917. The number of carbonyl (C=O) groups excluding carboxylic acids is 1. The van der Waals surface area contributed by atoms with E-state index in [1.54, 1.807) is 6.07 Å². The van der Waals surface area contributed by atoms with E-state index in [4.69, 9.17) is 0 Å². The quantitative estimate of drug-likeness (QED) is 0.566. The molecule has 3 nitrogen and oxygen atoms in total. The minimum absolute atomic E-state index is 0.123. The zero-order valence-corrected chi connectivity index (χ0v) is 18.5. The number of halogens is 1. The van der Waals surface area contributed by atoms with E-state index in [2.05, 4.69) is 41.0 Å². The lowest BCUT2D eigenvalue weighted by atomic mass is 9.81. The molecule has 32 heavy (non-hydrogen) atoms. The number of likely N-dealkylation sites (tertiary alicyclic amines) is 2. The van der Waals surface area contributed by atoms with Crippen LogP contribution >= 0.6 is 0 Å². The molecule has 3 aromatic carbocycles. The summed E-state index contributed by atoms with van der Waals surface area (Å²) in [6.45, 7) is 5.19. The van der Waals surface area contributed by atoms with Gasteiger partial charge in [-0.15, -0.1) is 0 Å². The molecular formula is C28H29FN2O. The predicted molar refractivity (Wildman–Crippen MR) is 125 cm³/mol. The molecule has 4 heteroatoms. The van der Waals surface area contributed by atoms with Crippen molar-refractivity contribution in [2.75, 3.05) is 19.6 Å². The van der Waals surface area contributed by atoms with E-state index < -0.39 is 0 Å². The van der Waals surface area contributed by atoms with E-state index in [1.165, 1.54) is 17.2 Å². The predicted octanol–water partition coefficient (Wildman–Crippen LogP) is 5.26. The van der Waals surface area contributed by atoms with Crippen LogP contribution in [-0.4, -0.2) is 41.4 Å². The van der Waals surface area contributed by atoms with Crippen molar-refractivity contribution in [1.29, 1.82) is 0 Å². The molecule has 0 spiro atoms. The smallest absolute Gasteiger partial charge is 0.254 e. The summed E-state index contributed by atoms with van der Waals surface area (Å²) in [5, 5.41) is 0. The topological polar surface area (TPSA) is 23.6 Å². The third-order valence-electron chi connectivity index (χ3n) is 7.15. The van der Waals surface area contributed by atoms with Crippen molar-refractivity contribution in [2.45, 2.75) is 31.8 Å². The first-order valence-electron chi connectivity index (χ1n) is 11.5.